The summed E-state index contributed by atoms with van der Waals surface area (Å²) in [6.07, 6.45) is 3.53. The molecule has 168 valence electrons. The largest absolute Gasteiger partial charge is 0.492 e. The number of likely N-dealkylation sites (tertiary alicyclic amines) is 1. The average Bonchev–Trinajstić information content (AvgIpc) is 2.75. The number of rotatable bonds is 9. The minimum absolute atomic E-state index is 0.128. The molecule has 1 fully saturated rings. The Kier molecular flexibility index (Phi) is 9.83. The number of hydrogen-bond donors (Lipinski definition) is 2. The van der Waals surface area contributed by atoms with Crippen molar-refractivity contribution in [1.29, 1.82) is 0 Å². The molecule has 2 N–H and O–H groups in total. The molecule has 1 amide bonds. The van der Waals surface area contributed by atoms with Crippen LogP contribution in [0.3, 0.4) is 0 Å². The smallest absolute Gasteiger partial charge is 0.225 e. The second-order valence-electron chi connectivity index (χ2n) is 7.44. The lowest BCUT2D eigenvalue weighted by molar-refractivity contribution is -0.136. The van der Waals surface area contributed by atoms with E-state index in [2.05, 4.69) is 29.5 Å². The maximum Gasteiger partial charge on any atom is 0.225 e. The Hall–Kier alpha value is -2.38. The van der Waals surface area contributed by atoms with Crippen LogP contribution in [0.4, 0.5) is 8.78 Å². The van der Waals surface area contributed by atoms with Crippen molar-refractivity contribution in [2.24, 2.45) is 10.9 Å². The second-order valence-corrected chi connectivity index (χ2v) is 7.44. The van der Waals surface area contributed by atoms with Gasteiger partial charge in [0.15, 0.2) is 17.6 Å². The van der Waals surface area contributed by atoms with Gasteiger partial charge >= 0.3 is 0 Å². The molecule has 0 radical (unpaired) electrons. The summed E-state index contributed by atoms with van der Waals surface area (Å²) in [7, 11) is 0. The molecule has 8 heteroatoms. The fourth-order valence-corrected chi connectivity index (χ4v) is 3.54. The van der Waals surface area contributed by atoms with Gasteiger partial charge in [0.1, 0.15) is 12.4 Å². The lowest BCUT2D eigenvalue weighted by atomic mass is 9.98. The molecule has 0 unspecified atom stereocenters. The highest BCUT2D eigenvalue weighted by Crippen LogP contribution is 2.17. The summed E-state index contributed by atoms with van der Waals surface area (Å²) >= 11 is 0. The maximum absolute atomic E-state index is 13.2. The molecular weight excluding hydrogens is 390 g/mol. The van der Waals surface area contributed by atoms with Crippen LogP contribution in [0.5, 0.6) is 5.75 Å². The number of hydrogen-bond acceptors (Lipinski definition) is 3. The van der Waals surface area contributed by atoms with Crippen LogP contribution in [0.25, 0.3) is 0 Å². The monoisotopic (exact) mass is 424 g/mol. The Morgan fingerprint density at radius 3 is 2.50 bits per heavy atom. The van der Waals surface area contributed by atoms with Gasteiger partial charge in [-0.2, -0.15) is 0 Å². The maximum atomic E-state index is 13.2. The van der Waals surface area contributed by atoms with Crippen LogP contribution in [0.1, 0.15) is 46.5 Å². The first-order chi connectivity index (χ1) is 14.5. The van der Waals surface area contributed by atoms with Crippen LogP contribution < -0.4 is 15.4 Å². The summed E-state index contributed by atoms with van der Waals surface area (Å²) in [4.78, 5) is 19.0. The molecule has 30 heavy (non-hydrogen) atoms. The van der Waals surface area contributed by atoms with E-state index in [1.54, 1.807) is 0 Å². The Bertz CT molecular complexity index is 702. The number of nitrogens with zero attached hydrogens (tertiary/aromatic N) is 2. The van der Waals surface area contributed by atoms with Gasteiger partial charge in [-0.25, -0.2) is 13.8 Å². The normalized spacial score (nSPS) is 15.4. The summed E-state index contributed by atoms with van der Waals surface area (Å²) in [6, 6.07) is 3.71. The van der Waals surface area contributed by atoms with Crippen molar-refractivity contribution >= 4 is 11.9 Å². The van der Waals surface area contributed by atoms with E-state index < -0.39 is 11.6 Å². The van der Waals surface area contributed by atoms with Crippen molar-refractivity contribution in [1.82, 2.24) is 15.5 Å². The summed E-state index contributed by atoms with van der Waals surface area (Å²) in [5, 5.41) is 6.63. The number of ether oxygens (including phenoxy) is 1. The molecule has 0 saturated carbocycles. The van der Waals surface area contributed by atoms with Gasteiger partial charge < -0.3 is 20.3 Å². The van der Waals surface area contributed by atoms with E-state index >= 15 is 0 Å². The molecule has 0 bridgehead atoms. The Morgan fingerprint density at radius 1 is 1.20 bits per heavy atom. The molecule has 2 rings (SSSR count). The second kappa shape index (κ2) is 12.3. The molecule has 6 nitrogen and oxygen atoms in total. The van der Waals surface area contributed by atoms with Crippen LogP contribution in [0.2, 0.25) is 0 Å². The van der Waals surface area contributed by atoms with Crippen molar-refractivity contribution in [3.05, 3.63) is 29.8 Å². The van der Waals surface area contributed by atoms with E-state index in [-0.39, 0.29) is 30.2 Å². The van der Waals surface area contributed by atoms with E-state index in [0.717, 1.165) is 57.5 Å². The van der Waals surface area contributed by atoms with Crippen molar-refractivity contribution < 1.29 is 18.3 Å². The zero-order valence-corrected chi connectivity index (χ0v) is 18.2. The highest BCUT2D eigenvalue weighted by atomic mass is 19.2. The molecular formula is C22H34F2N4O2. The highest BCUT2D eigenvalue weighted by molar-refractivity contribution is 5.80. The molecule has 0 aliphatic carbocycles. The standard InChI is InChI=1S/C22H34F2N4O2/c1-4-16(5-2)21(29)28-12-9-17(10-13-28)27-22(25-6-3)26-11-14-30-18-7-8-19(23)20(24)15-18/h7-8,15-17H,4-6,9-14H2,1-3H3,(H2,25,26,27). The van der Waals surface area contributed by atoms with Gasteiger partial charge in [0.2, 0.25) is 5.91 Å². The molecule has 1 aliphatic heterocycles. The number of benzene rings is 1. The number of aliphatic imine (C=N–C) groups is 1. The predicted octanol–water partition coefficient (Wildman–Crippen LogP) is 3.33. The van der Waals surface area contributed by atoms with Gasteiger partial charge in [0.05, 0.1) is 6.54 Å². The Morgan fingerprint density at radius 2 is 1.90 bits per heavy atom. The van der Waals surface area contributed by atoms with Gasteiger partial charge in [-0.05, 0) is 44.7 Å². The molecule has 1 aromatic rings. The topological polar surface area (TPSA) is 66.0 Å². The Balaban J connectivity index is 1.79. The van der Waals surface area contributed by atoms with Gasteiger partial charge in [0, 0.05) is 37.7 Å². The first kappa shape index (κ1) is 23.9. The number of halogens is 2. The average molecular weight is 425 g/mol. The fraction of sp³-hybridized carbons (Fsp3) is 0.636. The van der Waals surface area contributed by atoms with Crippen LogP contribution >= 0.6 is 0 Å². The van der Waals surface area contributed by atoms with Crippen LogP contribution in [-0.4, -0.2) is 55.6 Å². The number of guanidine groups is 1. The molecule has 1 saturated heterocycles. The van der Waals surface area contributed by atoms with Gasteiger partial charge in [0.25, 0.3) is 0 Å². The number of piperidine rings is 1. The summed E-state index contributed by atoms with van der Waals surface area (Å²) in [5.41, 5.74) is 0. The van der Waals surface area contributed by atoms with E-state index in [4.69, 9.17) is 4.74 Å². The van der Waals surface area contributed by atoms with E-state index in [0.29, 0.717) is 12.5 Å². The molecule has 0 spiro atoms. The molecule has 0 atom stereocenters. The number of amides is 1. The van der Waals surface area contributed by atoms with Crippen molar-refractivity contribution in [2.45, 2.75) is 52.5 Å². The van der Waals surface area contributed by atoms with E-state index in [1.807, 2.05) is 11.8 Å². The van der Waals surface area contributed by atoms with E-state index in [1.165, 1.54) is 6.07 Å². The molecule has 0 aromatic heterocycles. The first-order valence-electron chi connectivity index (χ1n) is 10.9. The van der Waals surface area contributed by atoms with E-state index in [9.17, 15) is 13.6 Å². The third kappa shape index (κ3) is 7.15. The third-order valence-electron chi connectivity index (χ3n) is 5.35. The van der Waals surface area contributed by atoms with Crippen molar-refractivity contribution in [3.8, 4) is 5.75 Å². The first-order valence-corrected chi connectivity index (χ1v) is 10.9. The van der Waals surface area contributed by atoms with Crippen LogP contribution in [-0.2, 0) is 4.79 Å². The highest BCUT2D eigenvalue weighted by Gasteiger charge is 2.26. The van der Waals surface area contributed by atoms with Crippen molar-refractivity contribution in [2.75, 3.05) is 32.8 Å². The lowest BCUT2D eigenvalue weighted by Gasteiger charge is -2.34. The van der Waals surface area contributed by atoms with Crippen LogP contribution in [0, 0.1) is 17.6 Å². The quantitative estimate of drug-likeness (QED) is 0.363. The zero-order valence-electron chi connectivity index (χ0n) is 18.2. The number of carbonyl (C=O) groups excluding carboxylic acids is 1. The van der Waals surface area contributed by atoms with Crippen LogP contribution in [0.15, 0.2) is 23.2 Å². The third-order valence-corrected chi connectivity index (χ3v) is 5.35. The van der Waals surface area contributed by atoms with Gasteiger partial charge in [-0.1, -0.05) is 13.8 Å². The van der Waals surface area contributed by atoms with Gasteiger partial charge in [-0.15, -0.1) is 0 Å². The fourth-order valence-electron chi connectivity index (χ4n) is 3.54. The minimum atomic E-state index is -0.931. The summed E-state index contributed by atoms with van der Waals surface area (Å²) in [6.45, 7) is 8.99. The SMILES string of the molecule is CCNC(=NCCOc1ccc(F)c(F)c1)NC1CCN(C(=O)C(CC)CC)CC1. The molecule has 1 aromatic carbocycles. The zero-order chi connectivity index (χ0) is 21.9. The number of carbonyl (C=O) groups is 1. The minimum Gasteiger partial charge on any atom is -0.492 e. The predicted molar refractivity (Wildman–Crippen MR) is 115 cm³/mol. The summed E-state index contributed by atoms with van der Waals surface area (Å²) < 4.78 is 31.6. The number of nitrogens with one attached hydrogen (secondary N) is 2. The molecule has 1 heterocycles. The Labute approximate surface area is 178 Å². The summed E-state index contributed by atoms with van der Waals surface area (Å²) in [5.74, 6) is -0.462. The van der Waals surface area contributed by atoms with Gasteiger partial charge in [-0.3, -0.25) is 4.79 Å². The molecule has 1 aliphatic rings. The lowest BCUT2D eigenvalue weighted by Crippen LogP contribution is -2.50. The van der Waals surface area contributed by atoms with Crippen molar-refractivity contribution in [3.63, 3.8) is 0 Å².